The monoisotopic (exact) mass is 736 g/mol. The summed E-state index contributed by atoms with van der Waals surface area (Å²) < 4.78 is 13.4. The van der Waals surface area contributed by atoms with Gasteiger partial charge in [-0.1, -0.05) is 147 Å². The van der Waals surface area contributed by atoms with Crippen molar-refractivity contribution in [1.29, 1.82) is 0 Å². The number of aromatic nitrogens is 4. The maximum Gasteiger partial charge on any atom is 0.269 e. The molecule has 0 aliphatic carbocycles. The third-order valence-electron chi connectivity index (χ3n) is 11.4. The molecule has 0 amide bonds. The summed E-state index contributed by atoms with van der Waals surface area (Å²) >= 11 is 0. The third-order valence-corrected chi connectivity index (χ3v) is 14.9. The number of hydrogen-bond donors (Lipinski definition) is 0. The van der Waals surface area contributed by atoms with E-state index in [1.807, 2.05) is 12.3 Å². The molecule has 0 saturated carbocycles. The van der Waals surface area contributed by atoms with Crippen molar-refractivity contribution >= 4 is 51.3 Å². The summed E-state index contributed by atoms with van der Waals surface area (Å²) in [7, 11) is -1.94. The molecule has 7 aromatic carbocycles. The molecule has 4 heterocycles. The van der Waals surface area contributed by atoms with Crippen LogP contribution >= 0.6 is 0 Å². The first-order chi connectivity index (χ1) is 27.5. The van der Waals surface area contributed by atoms with Gasteiger partial charge in [-0.05, 0) is 69.0 Å². The second kappa shape index (κ2) is 12.5. The van der Waals surface area contributed by atoms with Crippen molar-refractivity contribution in [1.82, 2.24) is 14.1 Å². The largest absolute Gasteiger partial charge is 0.458 e. The average molecular weight is 737 g/mol. The normalized spacial score (nSPS) is 13.0. The van der Waals surface area contributed by atoms with Crippen LogP contribution in [-0.2, 0) is 0 Å². The van der Waals surface area contributed by atoms with Crippen LogP contribution in [0.5, 0.6) is 11.5 Å². The standard InChI is InChI=1S/C50H36N4OSi/c1-56(2)46-26-13-23-42-41-29-28-38(32-45(41)54(49(42)46)50-47(56)27-14-30-51-50)55-37-20-11-19-36(31-37)52-33-53(44-25-10-9-24-43(44)52)48-39(34-15-5-3-6-16-34)21-12-22-40(48)35-17-7-4-8-18-35/h3-32H,1-2H3. The highest BCUT2D eigenvalue weighted by atomic mass is 28.3. The average Bonchev–Trinajstić information content (AvgIpc) is 3.80. The number of imidazole rings is 1. The summed E-state index contributed by atoms with van der Waals surface area (Å²) in [6.07, 6.45) is 5.70. The number of ether oxygens (including phenoxy) is 1. The molecule has 0 saturated heterocycles. The lowest BCUT2D eigenvalue weighted by Gasteiger charge is -2.31. The molecule has 0 radical (unpaired) electrons. The Morgan fingerprint density at radius 2 is 1.25 bits per heavy atom. The molecule has 11 rings (SSSR count). The molecule has 0 unspecified atom stereocenters. The minimum atomic E-state index is -1.94. The molecule has 1 aliphatic heterocycles. The van der Waals surface area contributed by atoms with E-state index >= 15 is 0 Å². The smallest absolute Gasteiger partial charge is 0.269 e. The van der Waals surface area contributed by atoms with Crippen molar-refractivity contribution in [2.75, 3.05) is 0 Å². The Labute approximate surface area is 326 Å². The molecule has 266 valence electrons. The molecule has 56 heavy (non-hydrogen) atoms. The fourth-order valence-electron chi connectivity index (χ4n) is 8.77. The van der Waals surface area contributed by atoms with Gasteiger partial charge in [0.25, 0.3) is 6.33 Å². The minimum absolute atomic E-state index is 0.747. The Kier molecular flexibility index (Phi) is 7.24. The van der Waals surface area contributed by atoms with Gasteiger partial charge >= 0.3 is 0 Å². The fraction of sp³-hybridized carbons (Fsp3) is 0.0400. The van der Waals surface area contributed by atoms with Gasteiger partial charge in [-0.15, -0.1) is 0 Å². The van der Waals surface area contributed by atoms with Crippen LogP contribution < -0.4 is 19.7 Å². The number of pyridine rings is 1. The predicted octanol–water partition coefficient (Wildman–Crippen LogP) is 10.5. The summed E-state index contributed by atoms with van der Waals surface area (Å²) in [6.45, 7) is 4.87. The maximum atomic E-state index is 6.72. The Balaban J connectivity index is 1.04. The van der Waals surface area contributed by atoms with Crippen molar-refractivity contribution in [3.8, 4) is 50.9 Å². The van der Waals surface area contributed by atoms with Gasteiger partial charge in [0, 0.05) is 23.0 Å². The van der Waals surface area contributed by atoms with E-state index < -0.39 is 8.07 Å². The topological polar surface area (TPSA) is 35.9 Å². The Morgan fingerprint density at radius 3 is 2.04 bits per heavy atom. The van der Waals surface area contributed by atoms with Crippen molar-refractivity contribution in [2.45, 2.75) is 13.1 Å². The van der Waals surface area contributed by atoms with Crippen LogP contribution in [0.25, 0.3) is 72.3 Å². The van der Waals surface area contributed by atoms with Crippen LogP contribution in [0.15, 0.2) is 182 Å². The van der Waals surface area contributed by atoms with Gasteiger partial charge in [-0.3, -0.25) is 13.7 Å². The molecule has 0 atom stereocenters. The molecular formula is C50H36N4OSi. The van der Waals surface area contributed by atoms with E-state index in [0.717, 1.165) is 67.5 Å². The lowest BCUT2D eigenvalue weighted by molar-refractivity contribution is -0.571. The summed E-state index contributed by atoms with van der Waals surface area (Å²) in [5.41, 5.74) is 11.1. The van der Waals surface area contributed by atoms with Gasteiger partial charge in [0.2, 0.25) is 0 Å². The van der Waals surface area contributed by atoms with Crippen LogP contribution in [0.4, 0.5) is 0 Å². The molecule has 0 bridgehead atoms. The van der Waals surface area contributed by atoms with Crippen LogP contribution in [0.1, 0.15) is 0 Å². The molecule has 10 aromatic rings. The second-order valence-corrected chi connectivity index (χ2v) is 19.3. The molecule has 0 spiro atoms. The zero-order chi connectivity index (χ0) is 37.4. The number of para-hydroxylation sites is 4. The van der Waals surface area contributed by atoms with Crippen LogP contribution in [0.3, 0.4) is 0 Å². The molecule has 5 nitrogen and oxygen atoms in total. The minimum Gasteiger partial charge on any atom is -0.458 e. The van der Waals surface area contributed by atoms with E-state index in [-0.39, 0.29) is 0 Å². The fourth-order valence-corrected chi connectivity index (χ4v) is 11.7. The summed E-state index contributed by atoms with van der Waals surface area (Å²) in [4.78, 5) is 4.96. The van der Waals surface area contributed by atoms with E-state index in [4.69, 9.17) is 9.72 Å². The maximum absolute atomic E-state index is 6.72. The summed E-state index contributed by atoms with van der Waals surface area (Å²) in [6, 6.07) is 62.1. The molecule has 0 fully saturated rings. The van der Waals surface area contributed by atoms with Gasteiger partial charge in [0.1, 0.15) is 25.4 Å². The lowest BCUT2D eigenvalue weighted by Crippen LogP contribution is -2.57. The van der Waals surface area contributed by atoms with E-state index in [0.29, 0.717) is 0 Å². The van der Waals surface area contributed by atoms with E-state index in [1.165, 1.54) is 26.7 Å². The number of benzene rings is 7. The van der Waals surface area contributed by atoms with Crippen molar-refractivity contribution < 1.29 is 9.30 Å². The zero-order valence-corrected chi connectivity index (χ0v) is 32.0. The first-order valence-corrected chi connectivity index (χ1v) is 22.1. The van der Waals surface area contributed by atoms with E-state index in [1.54, 1.807) is 0 Å². The number of hydrogen-bond acceptors (Lipinski definition) is 2. The first-order valence-electron chi connectivity index (χ1n) is 19.1. The summed E-state index contributed by atoms with van der Waals surface area (Å²) in [5.74, 6) is 2.56. The zero-order valence-electron chi connectivity index (χ0n) is 31.0. The summed E-state index contributed by atoms with van der Waals surface area (Å²) in [5, 5.41) is 5.26. The second-order valence-electron chi connectivity index (χ2n) is 15.0. The lowest BCUT2D eigenvalue weighted by atomic mass is 9.95. The van der Waals surface area contributed by atoms with E-state index in [2.05, 4.69) is 203 Å². The molecule has 0 N–H and O–H groups in total. The molecule has 1 aliphatic rings. The van der Waals surface area contributed by atoms with E-state index in [9.17, 15) is 0 Å². The number of rotatable bonds is 6. The van der Waals surface area contributed by atoms with Crippen LogP contribution in [0, 0.1) is 6.33 Å². The third kappa shape index (κ3) is 4.93. The number of fused-ring (bicyclic) bond motifs is 6. The Hall–Kier alpha value is -7.02. The quantitative estimate of drug-likeness (QED) is 0.0968. The SMILES string of the molecule is C[Si]1(C)c2cccnc2-n2c3cc(Oc4cccc(-n5[c-][n+](-c6c(-c7ccccc7)cccc6-c6ccccc6)c6ccccc65)c4)ccc3c3cccc1c32. The molecular weight excluding hydrogens is 701 g/mol. The van der Waals surface area contributed by atoms with Crippen molar-refractivity contribution in [3.05, 3.63) is 188 Å². The highest BCUT2D eigenvalue weighted by Crippen LogP contribution is 2.38. The molecule has 3 aromatic heterocycles. The molecule has 6 heteroatoms. The predicted molar refractivity (Wildman–Crippen MR) is 230 cm³/mol. The van der Waals surface area contributed by atoms with Crippen molar-refractivity contribution in [3.63, 3.8) is 0 Å². The first kappa shape index (κ1) is 32.4. The highest BCUT2D eigenvalue weighted by Gasteiger charge is 2.37. The van der Waals surface area contributed by atoms with Gasteiger partial charge < -0.3 is 4.74 Å². The van der Waals surface area contributed by atoms with Gasteiger partial charge in [-0.25, -0.2) is 4.98 Å². The Bertz CT molecular complexity index is 3090. The Morgan fingerprint density at radius 1 is 0.571 bits per heavy atom. The van der Waals surface area contributed by atoms with Gasteiger partial charge in [0.05, 0.1) is 33.4 Å². The van der Waals surface area contributed by atoms with Gasteiger partial charge in [-0.2, -0.15) is 0 Å². The van der Waals surface area contributed by atoms with Crippen molar-refractivity contribution in [2.24, 2.45) is 0 Å². The van der Waals surface area contributed by atoms with Crippen LogP contribution in [-0.4, -0.2) is 22.2 Å². The highest BCUT2D eigenvalue weighted by molar-refractivity contribution is 7.02. The van der Waals surface area contributed by atoms with Crippen LogP contribution in [0.2, 0.25) is 13.1 Å². The van der Waals surface area contributed by atoms with Gasteiger partial charge in [0.15, 0.2) is 0 Å². The number of nitrogens with zero attached hydrogens (tertiary/aromatic N) is 4.